The van der Waals surface area contributed by atoms with Crippen molar-refractivity contribution in [1.82, 2.24) is 4.90 Å². The van der Waals surface area contributed by atoms with E-state index in [4.69, 9.17) is 4.99 Å². The van der Waals surface area contributed by atoms with E-state index in [0.29, 0.717) is 0 Å². The number of hydrogen-bond donors (Lipinski definition) is 0. The first-order valence-corrected chi connectivity index (χ1v) is 8.95. The van der Waals surface area contributed by atoms with Crippen LogP contribution in [-0.4, -0.2) is 30.9 Å². The molecule has 0 aliphatic carbocycles. The number of para-hydroxylation sites is 1. The highest BCUT2D eigenvalue weighted by Gasteiger charge is 2.36. The number of hydrogen-bond acceptors (Lipinski definition) is 3. The number of amidine groups is 1. The Labute approximate surface area is 148 Å². The van der Waals surface area contributed by atoms with Crippen LogP contribution < -0.4 is 4.90 Å². The highest BCUT2D eigenvalue weighted by atomic mass is 15.4. The summed E-state index contributed by atoms with van der Waals surface area (Å²) in [6.45, 7) is 1.97. The van der Waals surface area contributed by atoms with Gasteiger partial charge in [-0.15, -0.1) is 0 Å². The van der Waals surface area contributed by atoms with Crippen molar-refractivity contribution in [2.45, 2.75) is 12.6 Å². The normalized spacial score (nSPS) is 19.4. The molecule has 0 bridgehead atoms. The zero-order valence-electron chi connectivity index (χ0n) is 14.4. The van der Waals surface area contributed by atoms with Gasteiger partial charge in [0.2, 0.25) is 0 Å². The summed E-state index contributed by atoms with van der Waals surface area (Å²) >= 11 is 0. The maximum Gasteiger partial charge on any atom is 0.134 e. The van der Waals surface area contributed by atoms with Gasteiger partial charge in [0.05, 0.1) is 0 Å². The van der Waals surface area contributed by atoms with Crippen LogP contribution in [0.1, 0.15) is 23.7 Å². The van der Waals surface area contributed by atoms with Crippen LogP contribution in [0.15, 0.2) is 71.7 Å². The van der Waals surface area contributed by atoms with Crippen LogP contribution in [0.5, 0.6) is 0 Å². The average molecular weight is 327 g/mol. The Bertz CT molecular complexity index is 970. The van der Waals surface area contributed by atoms with E-state index in [9.17, 15) is 0 Å². The Balaban J connectivity index is 1.76. The average Bonchev–Trinajstić information content (AvgIpc) is 2.68. The van der Waals surface area contributed by atoms with E-state index in [2.05, 4.69) is 83.6 Å². The molecule has 124 valence electrons. The van der Waals surface area contributed by atoms with Gasteiger partial charge in [0.15, 0.2) is 0 Å². The smallest absolute Gasteiger partial charge is 0.134 e. The monoisotopic (exact) mass is 327 g/mol. The molecule has 0 aromatic heterocycles. The number of fused-ring (bicyclic) bond motifs is 4. The predicted octanol–water partition coefficient (Wildman–Crippen LogP) is 4.44. The molecular weight excluding hydrogens is 306 g/mol. The van der Waals surface area contributed by atoms with Crippen molar-refractivity contribution in [1.29, 1.82) is 0 Å². The van der Waals surface area contributed by atoms with E-state index in [-0.39, 0.29) is 6.17 Å². The van der Waals surface area contributed by atoms with Crippen LogP contribution >= 0.6 is 0 Å². The summed E-state index contributed by atoms with van der Waals surface area (Å²) in [6.07, 6.45) is 1.29. The molecule has 3 heteroatoms. The van der Waals surface area contributed by atoms with Gasteiger partial charge in [-0.3, -0.25) is 4.99 Å². The molecule has 0 saturated heterocycles. The molecule has 5 rings (SSSR count). The SMILES string of the molecule is CN1c2ccccc2C2=NCCCN2C1c1cccc2ccccc12. The summed E-state index contributed by atoms with van der Waals surface area (Å²) in [5.74, 6) is 1.15. The molecule has 1 atom stereocenters. The zero-order valence-corrected chi connectivity index (χ0v) is 14.4. The molecule has 1 unspecified atom stereocenters. The van der Waals surface area contributed by atoms with Crippen LogP contribution in [0.2, 0.25) is 0 Å². The van der Waals surface area contributed by atoms with Gasteiger partial charge >= 0.3 is 0 Å². The van der Waals surface area contributed by atoms with Gasteiger partial charge in [-0.25, -0.2) is 0 Å². The minimum Gasteiger partial charge on any atom is -0.350 e. The van der Waals surface area contributed by atoms with E-state index in [1.54, 1.807) is 0 Å². The fraction of sp³-hybridized carbons (Fsp3) is 0.227. The quantitative estimate of drug-likeness (QED) is 0.658. The molecule has 3 nitrogen and oxygen atoms in total. The lowest BCUT2D eigenvalue weighted by molar-refractivity contribution is 0.293. The molecule has 0 N–H and O–H groups in total. The summed E-state index contributed by atoms with van der Waals surface area (Å²) in [5, 5.41) is 2.62. The summed E-state index contributed by atoms with van der Waals surface area (Å²) in [7, 11) is 2.21. The van der Waals surface area contributed by atoms with Gasteiger partial charge < -0.3 is 9.80 Å². The van der Waals surface area contributed by atoms with E-state index in [0.717, 1.165) is 25.3 Å². The number of rotatable bonds is 1. The van der Waals surface area contributed by atoms with Crippen molar-refractivity contribution in [3.8, 4) is 0 Å². The van der Waals surface area contributed by atoms with Gasteiger partial charge in [0.1, 0.15) is 12.0 Å². The van der Waals surface area contributed by atoms with Gasteiger partial charge in [-0.05, 0) is 29.3 Å². The summed E-state index contributed by atoms with van der Waals surface area (Å²) < 4.78 is 0. The van der Waals surface area contributed by atoms with E-state index in [1.165, 1.54) is 27.6 Å². The molecule has 0 radical (unpaired) electrons. The molecule has 0 fully saturated rings. The minimum atomic E-state index is 0.181. The second-order valence-electron chi connectivity index (χ2n) is 6.82. The minimum absolute atomic E-state index is 0.181. The standard InChI is InChI=1S/C22H21N3/c1-24-20-13-5-4-11-19(20)21-23-14-7-15-25(21)22(24)18-12-6-9-16-8-2-3-10-17(16)18/h2-6,8-13,22H,7,14-15H2,1H3. The maximum atomic E-state index is 4.90. The molecule has 3 aromatic carbocycles. The van der Waals surface area contributed by atoms with Gasteiger partial charge in [-0.2, -0.15) is 0 Å². The Morgan fingerprint density at radius 1 is 0.920 bits per heavy atom. The van der Waals surface area contributed by atoms with Crippen molar-refractivity contribution in [3.05, 3.63) is 77.9 Å². The van der Waals surface area contributed by atoms with Gasteiger partial charge in [-0.1, -0.05) is 54.6 Å². The van der Waals surface area contributed by atoms with E-state index in [1.807, 2.05) is 0 Å². The highest BCUT2D eigenvalue weighted by Crippen LogP contribution is 2.40. The summed E-state index contributed by atoms with van der Waals surface area (Å²) in [4.78, 5) is 9.78. The zero-order chi connectivity index (χ0) is 16.8. The molecule has 25 heavy (non-hydrogen) atoms. The number of benzene rings is 3. The Morgan fingerprint density at radius 2 is 1.72 bits per heavy atom. The molecule has 2 aliphatic heterocycles. The van der Waals surface area contributed by atoms with Crippen LogP contribution in [0.25, 0.3) is 10.8 Å². The van der Waals surface area contributed by atoms with Crippen LogP contribution in [0.3, 0.4) is 0 Å². The number of aliphatic imine (C=N–C) groups is 1. The molecule has 3 aromatic rings. The summed E-state index contributed by atoms with van der Waals surface area (Å²) in [5.41, 5.74) is 3.86. The van der Waals surface area contributed by atoms with Crippen molar-refractivity contribution < 1.29 is 0 Å². The highest BCUT2D eigenvalue weighted by molar-refractivity contribution is 6.06. The molecular formula is C22H21N3. The van der Waals surface area contributed by atoms with Crippen LogP contribution in [0.4, 0.5) is 5.69 Å². The van der Waals surface area contributed by atoms with E-state index >= 15 is 0 Å². The first kappa shape index (κ1) is 14.5. The molecule has 0 spiro atoms. The van der Waals surface area contributed by atoms with Crippen LogP contribution in [0, 0.1) is 0 Å². The van der Waals surface area contributed by atoms with Crippen molar-refractivity contribution in [2.24, 2.45) is 4.99 Å². The maximum absolute atomic E-state index is 4.90. The second-order valence-corrected chi connectivity index (χ2v) is 6.82. The Hall–Kier alpha value is -2.81. The van der Waals surface area contributed by atoms with Crippen LogP contribution in [-0.2, 0) is 0 Å². The fourth-order valence-corrected chi connectivity index (χ4v) is 4.26. The lowest BCUT2D eigenvalue weighted by atomic mass is 9.96. The third kappa shape index (κ3) is 2.15. The Kier molecular flexibility index (Phi) is 3.27. The topological polar surface area (TPSA) is 18.8 Å². The largest absolute Gasteiger partial charge is 0.350 e. The third-order valence-corrected chi connectivity index (χ3v) is 5.38. The molecule has 2 heterocycles. The van der Waals surface area contributed by atoms with Crippen molar-refractivity contribution >= 4 is 22.3 Å². The molecule has 2 aliphatic rings. The Morgan fingerprint density at radius 3 is 2.68 bits per heavy atom. The van der Waals surface area contributed by atoms with Gasteiger partial charge in [0.25, 0.3) is 0 Å². The fourth-order valence-electron chi connectivity index (χ4n) is 4.26. The van der Waals surface area contributed by atoms with Crippen molar-refractivity contribution in [3.63, 3.8) is 0 Å². The lowest BCUT2D eigenvalue weighted by Gasteiger charge is -2.47. The third-order valence-electron chi connectivity index (χ3n) is 5.38. The first-order chi connectivity index (χ1) is 12.3. The summed E-state index contributed by atoms with van der Waals surface area (Å²) in [6, 6.07) is 23.9. The van der Waals surface area contributed by atoms with E-state index < -0.39 is 0 Å². The number of anilines is 1. The van der Waals surface area contributed by atoms with Crippen molar-refractivity contribution in [2.75, 3.05) is 25.0 Å². The first-order valence-electron chi connectivity index (χ1n) is 8.95. The molecule has 0 saturated carbocycles. The second kappa shape index (κ2) is 5.62. The lowest BCUT2D eigenvalue weighted by Crippen LogP contribution is -2.50. The predicted molar refractivity (Wildman–Crippen MR) is 104 cm³/mol. The van der Waals surface area contributed by atoms with Gasteiger partial charge in [0, 0.05) is 37.0 Å². The molecule has 0 amide bonds. The number of nitrogens with zero attached hydrogens (tertiary/aromatic N) is 3.